The van der Waals surface area contributed by atoms with Gasteiger partial charge in [0, 0.05) is 6.54 Å². The normalized spacial score (nSPS) is 11.4. The smallest absolute Gasteiger partial charge is 0.141 e. The van der Waals surface area contributed by atoms with Gasteiger partial charge in [-0.15, -0.1) is 0 Å². The SMILES string of the molecule is COc1ccccc1NCC(C#N)c1ccccc1. The average molecular weight is 252 g/mol. The van der Waals surface area contributed by atoms with Crippen LogP contribution in [0.4, 0.5) is 5.69 Å². The maximum absolute atomic E-state index is 9.26. The van der Waals surface area contributed by atoms with Crippen molar-refractivity contribution in [1.29, 1.82) is 5.26 Å². The number of rotatable bonds is 5. The van der Waals surface area contributed by atoms with Gasteiger partial charge in [0.2, 0.25) is 0 Å². The van der Waals surface area contributed by atoms with Crippen LogP contribution >= 0.6 is 0 Å². The van der Waals surface area contributed by atoms with Crippen LogP contribution in [-0.2, 0) is 0 Å². The summed E-state index contributed by atoms with van der Waals surface area (Å²) in [5.41, 5.74) is 1.92. The molecule has 2 aromatic carbocycles. The van der Waals surface area contributed by atoms with Gasteiger partial charge in [0.05, 0.1) is 24.8 Å². The minimum absolute atomic E-state index is 0.175. The van der Waals surface area contributed by atoms with E-state index < -0.39 is 0 Å². The fraction of sp³-hybridized carbons (Fsp3) is 0.188. The van der Waals surface area contributed by atoms with Crippen molar-refractivity contribution in [2.75, 3.05) is 19.0 Å². The molecule has 0 aliphatic carbocycles. The quantitative estimate of drug-likeness (QED) is 0.886. The first-order valence-electron chi connectivity index (χ1n) is 6.16. The summed E-state index contributed by atoms with van der Waals surface area (Å²) in [6, 6.07) is 19.8. The highest BCUT2D eigenvalue weighted by molar-refractivity contribution is 5.56. The third-order valence-corrected chi connectivity index (χ3v) is 2.96. The van der Waals surface area contributed by atoms with Crippen molar-refractivity contribution in [3.05, 3.63) is 60.2 Å². The summed E-state index contributed by atoms with van der Waals surface area (Å²) in [6.07, 6.45) is 0. The largest absolute Gasteiger partial charge is 0.495 e. The lowest BCUT2D eigenvalue weighted by Crippen LogP contribution is -2.11. The molecule has 3 nitrogen and oxygen atoms in total. The first-order chi connectivity index (χ1) is 9.35. The van der Waals surface area contributed by atoms with Crippen LogP contribution in [0.2, 0.25) is 0 Å². The Morgan fingerprint density at radius 3 is 2.47 bits per heavy atom. The third-order valence-electron chi connectivity index (χ3n) is 2.96. The number of hydrogen-bond donors (Lipinski definition) is 1. The van der Waals surface area contributed by atoms with Gasteiger partial charge in [-0.3, -0.25) is 0 Å². The Bertz CT molecular complexity index is 560. The number of ether oxygens (including phenoxy) is 1. The monoisotopic (exact) mass is 252 g/mol. The van der Waals surface area contributed by atoms with Gasteiger partial charge in [-0.2, -0.15) is 5.26 Å². The van der Waals surface area contributed by atoms with Gasteiger partial charge in [0.15, 0.2) is 0 Å². The van der Waals surface area contributed by atoms with Crippen LogP contribution in [0, 0.1) is 11.3 Å². The fourth-order valence-corrected chi connectivity index (χ4v) is 1.93. The van der Waals surface area contributed by atoms with Gasteiger partial charge >= 0.3 is 0 Å². The predicted octanol–water partition coefficient (Wildman–Crippen LogP) is 3.41. The molecule has 19 heavy (non-hydrogen) atoms. The zero-order chi connectivity index (χ0) is 13.5. The number of nitrogens with zero attached hydrogens (tertiary/aromatic N) is 1. The van der Waals surface area contributed by atoms with E-state index in [-0.39, 0.29) is 5.92 Å². The summed E-state index contributed by atoms with van der Waals surface area (Å²) in [5, 5.41) is 12.5. The molecule has 2 aromatic rings. The van der Waals surface area contributed by atoms with Crippen molar-refractivity contribution in [3.63, 3.8) is 0 Å². The maximum atomic E-state index is 9.26. The highest BCUT2D eigenvalue weighted by Crippen LogP contribution is 2.24. The Kier molecular flexibility index (Phi) is 4.41. The van der Waals surface area contributed by atoms with Crippen molar-refractivity contribution in [2.45, 2.75) is 5.92 Å². The number of anilines is 1. The molecule has 0 spiro atoms. The first-order valence-corrected chi connectivity index (χ1v) is 6.16. The van der Waals surface area contributed by atoms with Crippen LogP contribution in [0.15, 0.2) is 54.6 Å². The Morgan fingerprint density at radius 2 is 1.79 bits per heavy atom. The van der Waals surface area contributed by atoms with E-state index in [0.717, 1.165) is 17.0 Å². The van der Waals surface area contributed by atoms with Gasteiger partial charge in [0.1, 0.15) is 5.75 Å². The van der Waals surface area contributed by atoms with Crippen LogP contribution < -0.4 is 10.1 Å². The lowest BCUT2D eigenvalue weighted by atomic mass is 10.0. The molecule has 0 aliphatic heterocycles. The summed E-state index contributed by atoms with van der Waals surface area (Å²) in [4.78, 5) is 0. The van der Waals surface area contributed by atoms with Crippen molar-refractivity contribution < 1.29 is 4.74 Å². The molecular weight excluding hydrogens is 236 g/mol. The van der Waals surface area contributed by atoms with E-state index in [1.807, 2.05) is 54.6 Å². The fourth-order valence-electron chi connectivity index (χ4n) is 1.93. The van der Waals surface area contributed by atoms with Gasteiger partial charge in [-0.25, -0.2) is 0 Å². The van der Waals surface area contributed by atoms with E-state index in [2.05, 4.69) is 11.4 Å². The van der Waals surface area contributed by atoms with Crippen LogP contribution in [0.1, 0.15) is 11.5 Å². The molecular formula is C16H16N2O. The molecule has 2 rings (SSSR count). The highest BCUT2D eigenvalue weighted by atomic mass is 16.5. The third kappa shape index (κ3) is 3.26. The topological polar surface area (TPSA) is 45.0 Å². The maximum Gasteiger partial charge on any atom is 0.141 e. The van der Waals surface area contributed by atoms with Gasteiger partial charge in [-0.05, 0) is 17.7 Å². The van der Waals surface area contributed by atoms with E-state index >= 15 is 0 Å². The zero-order valence-corrected chi connectivity index (χ0v) is 10.8. The second kappa shape index (κ2) is 6.46. The number of methoxy groups -OCH3 is 1. The molecule has 0 radical (unpaired) electrons. The number of benzene rings is 2. The molecule has 1 unspecified atom stereocenters. The van der Waals surface area contributed by atoms with Crippen molar-refractivity contribution >= 4 is 5.69 Å². The minimum Gasteiger partial charge on any atom is -0.495 e. The van der Waals surface area contributed by atoms with Crippen LogP contribution in [0.25, 0.3) is 0 Å². The standard InChI is InChI=1S/C16H16N2O/c1-19-16-10-6-5-9-15(16)18-12-14(11-17)13-7-3-2-4-8-13/h2-10,14,18H,12H2,1H3. The average Bonchev–Trinajstić information content (AvgIpc) is 2.49. The summed E-state index contributed by atoms with van der Waals surface area (Å²) in [5.74, 6) is 0.610. The number of para-hydroxylation sites is 2. The molecule has 0 aromatic heterocycles. The summed E-state index contributed by atoms with van der Waals surface area (Å²) < 4.78 is 5.27. The number of nitrogens with one attached hydrogen (secondary N) is 1. The molecule has 0 aliphatic rings. The first kappa shape index (κ1) is 13.0. The second-order valence-electron chi connectivity index (χ2n) is 4.17. The molecule has 96 valence electrons. The highest BCUT2D eigenvalue weighted by Gasteiger charge is 2.10. The number of hydrogen-bond acceptors (Lipinski definition) is 3. The van der Waals surface area contributed by atoms with Gasteiger partial charge < -0.3 is 10.1 Å². The molecule has 0 heterocycles. The Morgan fingerprint density at radius 1 is 1.11 bits per heavy atom. The summed E-state index contributed by atoms with van der Waals surface area (Å²) >= 11 is 0. The van der Waals surface area contributed by atoms with E-state index in [9.17, 15) is 5.26 Å². The Balaban J connectivity index is 2.07. The molecule has 1 N–H and O–H groups in total. The van der Waals surface area contributed by atoms with Crippen LogP contribution in [0.5, 0.6) is 5.75 Å². The van der Waals surface area contributed by atoms with E-state index in [4.69, 9.17) is 4.74 Å². The van der Waals surface area contributed by atoms with Crippen molar-refractivity contribution in [2.24, 2.45) is 0 Å². The Labute approximate surface area is 113 Å². The van der Waals surface area contributed by atoms with Crippen molar-refractivity contribution in [1.82, 2.24) is 0 Å². The predicted molar refractivity (Wildman–Crippen MR) is 76.3 cm³/mol. The summed E-state index contributed by atoms with van der Waals surface area (Å²) in [7, 11) is 1.64. The lowest BCUT2D eigenvalue weighted by molar-refractivity contribution is 0.416. The summed E-state index contributed by atoms with van der Waals surface area (Å²) in [6.45, 7) is 0.556. The van der Waals surface area contributed by atoms with Gasteiger partial charge in [-0.1, -0.05) is 42.5 Å². The van der Waals surface area contributed by atoms with Crippen LogP contribution in [-0.4, -0.2) is 13.7 Å². The molecule has 1 atom stereocenters. The zero-order valence-electron chi connectivity index (χ0n) is 10.8. The van der Waals surface area contributed by atoms with Crippen LogP contribution in [0.3, 0.4) is 0 Å². The van der Waals surface area contributed by atoms with E-state index in [1.54, 1.807) is 7.11 Å². The molecule has 0 saturated carbocycles. The molecule has 0 amide bonds. The molecule has 0 fully saturated rings. The van der Waals surface area contributed by atoms with E-state index in [1.165, 1.54) is 0 Å². The molecule has 0 bridgehead atoms. The Hall–Kier alpha value is -2.47. The lowest BCUT2D eigenvalue weighted by Gasteiger charge is -2.14. The molecule has 0 saturated heterocycles. The second-order valence-corrected chi connectivity index (χ2v) is 4.17. The number of nitriles is 1. The van der Waals surface area contributed by atoms with Crippen molar-refractivity contribution in [3.8, 4) is 11.8 Å². The van der Waals surface area contributed by atoms with E-state index in [0.29, 0.717) is 6.54 Å². The molecule has 3 heteroatoms. The minimum atomic E-state index is -0.175. The van der Waals surface area contributed by atoms with Gasteiger partial charge in [0.25, 0.3) is 0 Å².